The van der Waals surface area contributed by atoms with Gasteiger partial charge >= 0.3 is 0 Å². The van der Waals surface area contributed by atoms with Crippen LogP contribution in [0.2, 0.25) is 5.02 Å². The molecule has 0 saturated carbocycles. The van der Waals surface area contributed by atoms with Crippen molar-refractivity contribution >= 4 is 11.6 Å². The maximum absolute atomic E-state index is 6.40. The van der Waals surface area contributed by atoms with E-state index >= 15 is 0 Å². The number of hydrogen-bond donors (Lipinski definition) is 1. The number of nitrogens with one attached hydrogen (secondary N) is 1. The van der Waals surface area contributed by atoms with Crippen molar-refractivity contribution < 1.29 is 4.74 Å². The second kappa shape index (κ2) is 8.01. The third kappa shape index (κ3) is 4.21. The third-order valence-electron chi connectivity index (χ3n) is 3.91. The third-order valence-corrected chi connectivity index (χ3v) is 4.20. The molecule has 20 heavy (non-hydrogen) atoms. The largest absolute Gasteiger partial charge is 0.383 e. The molecule has 1 atom stereocenters. The molecule has 5 heteroatoms. The van der Waals surface area contributed by atoms with Crippen LogP contribution in [0.5, 0.6) is 0 Å². The van der Waals surface area contributed by atoms with Gasteiger partial charge in [-0.2, -0.15) is 5.10 Å². The number of methoxy groups -OCH3 is 1. The van der Waals surface area contributed by atoms with E-state index in [1.54, 1.807) is 13.3 Å². The van der Waals surface area contributed by atoms with E-state index in [2.05, 4.69) is 38.1 Å². The Hall–Kier alpha value is -0.580. The van der Waals surface area contributed by atoms with Crippen molar-refractivity contribution in [1.29, 1.82) is 0 Å². The zero-order valence-electron chi connectivity index (χ0n) is 13.4. The fraction of sp³-hybridized carbons (Fsp3) is 0.800. The summed E-state index contributed by atoms with van der Waals surface area (Å²) in [7, 11) is 1.70. The highest BCUT2D eigenvalue weighted by Gasteiger charge is 2.33. The summed E-state index contributed by atoms with van der Waals surface area (Å²) in [6, 6.07) is 0.194. The summed E-state index contributed by atoms with van der Waals surface area (Å²) >= 11 is 6.40. The summed E-state index contributed by atoms with van der Waals surface area (Å²) in [6.07, 6.45) is 3.90. The number of nitrogens with zero attached hydrogens (tertiary/aromatic N) is 2. The molecule has 1 unspecified atom stereocenters. The van der Waals surface area contributed by atoms with Gasteiger partial charge in [-0.05, 0) is 24.8 Å². The lowest BCUT2D eigenvalue weighted by Gasteiger charge is -2.35. The lowest BCUT2D eigenvalue weighted by Crippen LogP contribution is -2.36. The zero-order chi connectivity index (χ0) is 15.2. The van der Waals surface area contributed by atoms with Crippen molar-refractivity contribution in [2.24, 2.45) is 5.41 Å². The first kappa shape index (κ1) is 17.5. The molecule has 4 nitrogen and oxygen atoms in total. The molecule has 0 radical (unpaired) electrons. The first-order valence-electron chi connectivity index (χ1n) is 7.41. The Morgan fingerprint density at radius 2 is 2.15 bits per heavy atom. The number of halogens is 1. The van der Waals surface area contributed by atoms with Gasteiger partial charge in [0.05, 0.1) is 36.1 Å². The van der Waals surface area contributed by atoms with Crippen LogP contribution in [0, 0.1) is 5.41 Å². The van der Waals surface area contributed by atoms with Crippen molar-refractivity contribution in [3.05, 3.63) is 16.9 Å². The summed E-state index contributed by atoms with van der Waals surface area (Å²) in [6.45, 7) is 11.3. The van der Waals surface area contributed by atoms with Crippen LogP contribution in [0.25, 0.3) is 0 Å². The van der Waals surface area contributed by atoms with Gasteiger partial charge in [-0.25, -0.2) is 0 Å². The Balaban J connectivity index is 3.09. The van der Waals surface area contributed by atoms with Crippen molar-refractivity contribution in [1.82, 2.24) is 15.1 Å². The van der Waals surface area contributed by atoms with Gasteiger partial charge in [0, 0.05) is 7.11 Å². The maximum Gasteiger partial charge on any atom is 0.0834 e. The smallest absolute Gasteiger partial charge is 0.0834 e. The molecule has 1 aromatic heterocycles. The second-order valence-corrected chi connectivity index (χ2v) is 6.23. The highest BCUT2D eigenvalue weighted by molar-refractivity contribution is 6.31. The van der Waals surface area contributed by atoms with Crippen LogP contribution in [0.3, 0.4) is 0 Å². The van der Waals surface area contributed by atoms with Gasteiger partial charge in [0.1, 0.15) is 0 Å². The quantitative estimate of drug-likeness (QED) is 0.756. The molecule has 0 fully saturated rings. The predicted molar refractivity (Wildman–Crippen MR) is 84.2 cm³/mol. The Labute approximate surface area is 127 Å². The molecule has 116 valence electrons. The van der Waals surface area contributed by atoms with E-state index in [-0.39, 0.29) is 11.5 Å². The lowest BCUT2D eigenvalue weighted by atomic mass is 9.80. The van der Waals surface area contributed by atoms with Crippen LogP contribution in [-0.2, 0) is 11.3 Å². The molecule has 0 amide bonds. The SMILES string of the molecule is CCCNC(c1c(Cl)cnn1CCOC)C(C)(C)CC. The highest BCUT2D eigenvalue weighted by atomic mass is 35.5. The summed E-state index contributed by atoms with van der Waals surface area (Å²) in [5.74, 6) is 0. The molecule has 1 N–H and O–H groups in total. The van der Waals surface area contributed by atoms with Crippen molar-refractivity contribution in [2.75, 3.05) is 20.3 Å². The van der Waals surface area contributed by atoms with Crippen molar-refractivity contribution in [2.45, 2.75) is 53.1 Å². The molecule has 1 heterocycles. The van der Waals surface area contributed by atoms with E-state index in [4.69, 9.17) is 16.3 Å². The van der Waals surface area contributed by atoms with Gasteiger partial charge in [-0.15, -0.1) is 0 Å². The van der Waals surface area contributed by atoms with Crippen LogP contribution in [0.15, 0.2) is 6.20 Å². The molecular weight excluding hydrogens is 274 g/mol. The van der Waals surface area contributed by atoms with Crippen LogP contribution >= 0.6 is 11.6 Å². The topological polar surface area (TPSA) is 39.1 Å². The number of rotatable bonds is 9. The molecule has 0 aliphatic heterocycles. The first-order chi connectivity index (χ1) is 9.47. The minimum Gasteiger partial charge on any atom is -0.383 e. The van der Waals surface area contributed by atoms with Crippen LogP contribution in [0.1, 0.15) is 52.3 Å². The lowest BCUT2D eigenvalue weighted by molar-refractivity contribution is 0.175. The van der Waals surface area contributed by atoms with Gasteiger partial charge in [0.25, 0.3) is 0 Å². The normalized spacial score (nSPS) is 13.7. The zero-order valence-corrected chi connectivity index (χ0v) is 14.1. The Morgan fingerprint density at radius 3 is 2.70 bits per heavy atom. The Bertz CT molecular complexity index is 404. The monoisotopic (exact) mass is 301 g/mol. The summed E-state index contributed by atoms with van der Waals surface area (Å²) < 4.78 is 7.13. The first-order valence-corrected chi connectivity index (χ1v) is 7.79. The Kier molecular flexibility index (Phi) is 7.00. The second-order valence-electron chi connectivity index (χ2n) is 5.82. The standard InChI is InChI=1S/C15H28ClN3O/c1-6-8-17-14(15(3,4)7-2)13-12(16)11-18-19(13)9-10-20-5/h11,14,17H,6-10H2,1-5H3. The fourth-order valence-electron chi connectivity index (χ4n) is 2.25. The number of hydrogen-bond acceptors (Lipinski definition) is 3. The fourth-order valence-corrected chi connectivity index (χ4v) is 2.50. The van der Waals surface area contributed by atoms with E-state index in [1.807, 2.05) is 4.68 Å². The van der Waals surface area contributed by atoms with Crippen molar-refractivity contribution in [3.8, 4) is 0 Å². The van der Waals surface area contributed by atoms with E-state index in [0.29, 0.717) is 6.61 Å². The van der Waals surface area contributed by atoms with E-state index < -0.39 is 0 Å². The van der Waals surface area contributed by atoms with Gasteiger partial charge in [0.15, 0.2) is 0 Å². The van der Waals surface area contributed by atoms with Crippen LogP contribution in [-0.4, -0.2) is 30.0 Å². The molecule has 0 bridgehead atoms. The Morgan fingerprint density at radius 1 is 1.45 bits per heavy atom. The molecule has 0 saturated heterocycles. The number of aromatic nitrogens is 2. The van der Waals surface area contributed by atoms with E-state index in [1.165, 1.54) is 0 Å². The molecular formula is C15H28ClN3O. The summed E-state index contributed by atoms with van der Waals surface area (Å²) in [5.41, 5.74) is 1.19. The predicted octanol–water partition coefficient (Wildman–Crippen LogP) is 3.66. The van der Waals surface area contributed by atoms with Gasteiger partial charge in [-0.1, -0.05) is 39.3 Å². The number of ether oxygens (including phenoxy) is 1. The highest BCUT2D eigenvalue weighted by Crippen LogP contribution is 2.39. The van der Waals surface area contributed by atoms with E-state index in [0.717, 1.165) is 36.6 Å². The summed E-state index contributed by atoms with van der Waals surface area (Å²) in [5, 5.41) is 8.76. The molecule has 0 aliphatic carbocycles. The van der Waals surface area contributed by atoms with Gasteiger partial charge in [0.2, 0.25) is 0 Å². The van der Waals surface area contributed by atoms with Gasteiger partial charge in [-0.3, -0.25) is 4.68 Å². The summed E-state index contributed by atoms with van der Waals surface area (Å²) in [4.78, 5) is 0. The molecule has 0 aliphatic rings. The maximum atomic E-state index is 6.40. The average Bonchev–Trinajstić information content (AvgIpc) is 2.78. The van der Waals surface area contributed by atoms with Crippen molar-refractivity contribution in [3.63, 3.8) is 0 Å². The van der Waals surface area contributed by atoms with Crippen LogP contribution in [0.4, 0.5) is 0 Å². The molecule has 1 aromatic rings. The minimum atomic E-state index is 0.115. The van der Waals surface area contributed by atoms with Gasteiger partial charge < -0.3 is 10.1 Å². The molecule has 0 spiro atoms. The average molecular weight is 302 g/mol. The van der Waals surface area contributed by atoms with Crippen LogP contribution < -0.4 is 5.32 Å². The van der Waals surface area contributed by atoms with E-state index in [9.17, 15) is 0 Å². The molecule has 1 rings (SSSR count). The minimum absolute atomic E-state index is 0.115. The molecule has 0 aromatic carbocycles.